The Kier molecular flexibility index (Phi) is 4.20. The first-order valence-corrected chi connectivity index (χ1v) is 10.1. The summed E-state index contributed by atoms with van der Waals surface area (Å²) in [4.78, 5) is 16.7. The summed E-state index contributed by atoms with van der Waals surface area (Å²) in [6, 6.07) is 3.84. The zero-order chi connectivity index (χ0) is 18.5. The number of fused-ring (bicyclic) bond motifs is 4. The van der Waals surface area contributed by atoms with E-state index in [9.17, 15) is 4.39 Å². The standard InChI is InChI=1S/C20H23ClFN5/c1-13-4-2-7-27-18-10-15(21)16(22)11-17(18)24-19(20(27)23-13)26-9-8-25-6-3-5-14(25)12-26/h2,7,10-11,13-14H,3-6,8-9,12H2,1H3. The van der Waals surface area contributed by atoms with Gasteiger partial charge in [0.25, 0.3) is 0 Å². The van der Waals surface area contributed by atoms with E-state index in [1.54, 1.807) is 6.07 Å². The summed E-state index contributed by atoms with van der Waals surface area (Å²) >= 11 is 6.06. The van der Waals surface area contributed by atoms with Crippen molar-refractivity contribution in [2.45, 2.75) is 38.3 Å². The van der Waals surface area contributed by atoms with Crippen LogP contribution >= 0.6 is 11.6 Å². The second-order valence-corrected chi connectivity index (χ2v) is 8.17. The van der Waals surface area contributed by atoms with E-state index in [1.165, 1.54) is 25.5 Å². The average Bonchev–Trinajstić information content (AvgIpc) is 3.03. The highest BCUT2D eigenvalue weighted by atomic mass is 35.5. The smallest absolute Gasteiger partial charge is 0.176 e. The zero-order valence-corrected chi connectivity index (χ0v) is 16.2. The molecular weight excluding hydrogens is 365 g/mol. The molecule has 2 unspecified atom stereocenters. The maximum Gasteiger partial charge on any atom is 0.176 e. The zero-order valence-electron chi connectivity index (χ0n) is 15.4. The van der Waals surface area contributed by atoms with E-state index in [1.807, 2.05) is 11.1 Å². The second kappa shape index (κ2) is 6.60. The fourth-order valence-corrected chi connectivity index (χ4v) is 4.64. The van der Waals surface area contributed by atoms with Crippen LogP contribution in [0.5, 0.6) is 0 Å². The lowest BCUT2D eigenvalue weighted by Gasteiger charge is -2.41. The number of rotatable bonds is 0. The highest BCUT2D eigenvalue weighted by Gasteiger charge is 2.36. The van der Waals surface area contributed by atoms with Crippen molar-refractivity contribution in [2.75, 3.05) is 31.1 Å². The predicted octanol–water partition coefficient (Wildman–Crippen LogP) is 3.81. The molecule has 0 spiro atoms. The molecule has 0 aliphatic carbocycles. The van der Waals surface area contributed by atoms with Crippen molar-refractivity contribution < 1.29 is 4.39 Å². The van der Waals surface area contributed by atoms with Crippen LogP contribution < -0.4 is 4.90 Å². The van der Waals surface area contributed by atoms with E-state index in [0.717, 1.165) is 43.4 Å². The van der Waals surface area contributed by atoms with Gasteiger partial charge in [-0.05, 0) is 38.8 Å². The molecule has 0 N–H and O–H groups in total. The van der Waals surface area contributed by atoms with Gasteiger partial charge in [0.15, 0.2) is 11.7 Å². The van der Waals surface area contributed by atoms with Crippen molar-refractivity contribution in [3.05, 3.63) is 35.2 Å². The van der Waals surface area contributed by atoms with Crippen molar-refractivity contribution in [3.8, 4) is 0 Å². The summed E-state index contributed by atoms with van der Waals surface area (Å²) in [6.07, 6.45) is 7.51. The minimum Gasteiger partial charge on any atom is -0.351 e. The summed E-state index contributed by atoms with van der Waals surface area (Å²) in [5.74, 6) is 1.26. The van der Waals surface area contributed by atoms with Gasteiger partial charge in [-0.1, -0.05) is 17.7 Å². The molecule has 0 saturated carbocycles. The maximum absolute atomic E-state index is 14.1. The van der Waals surface area contributed by atoms with Crippen LogP contribution in [0.3, 0.4) is 0 Å². The Morgan fingerprint density at radius 3 is 2.96 bits per heavy atom. The second-order valence-electron chi connectivity index (χ2n) is 7.76. The number of benzene rings is 1. The number of amidine groups is 2. The SMILES string of the molecule is CC1CC=CN2C(=N1)C(N1CCN3CCCC3C1)=Nc1cc(F)c(Cl)cc12. The van der Waals surface area contributed by atoms with Crippen LogP contribution in [0.2, 0.25) is 5.02 Å². The monoisotopic (exact) mass is 387 g/mol. The molecule has 142 valence electrons. The molecule has 1 aromatic rings. The lowest BCUT2D eigenvalue weighted by molar-refractivity contribution is 0.153. The normalized spacial score (nSPS) is 27.5. The number of anilines is 1. The number of aliphatic imine (C=N–C) groups is 2. The van der Waals surface area contributed by atoms with Crippen molar-refractivity contribution in [3.63, 3.8) is 0 Å². The van der Waals surface area contributed by atoms with Crippen LogP contribution in [0.1, 0.15) is 26.2 Å². The Labute approximate surface area is 163 Å². The van der Waals surface area contributed by atoms with E-state index in [0.29, 0.717) is 11.7 Å². The quantitative estimate of drug-likeness (QED) is 0.678. The molecule has 4 heterocycles. The van der Waals surface area contributed by atoms with Crippen molar-refractivity contribution in [1.29, 1.82) is 0 Å². The molecule has 5 rings (SSSR count). The van der Waals surface area contributed by atoms with E-state index < -0.39 is 5.82 Å². The Morgan fingerprint density at radius 2 is 2.07 bits per heavy atom. The first kappa shape index (κ1) is 17.2. The molecule has 0 radical (unpaired) electrons. The predicted molar refractivity (Wildman–Crippen MR) is 108 cm³/mol. The van der Waals surface area contributed by atoms with Gasteiger partial charge in [-0.25, -0.2) is 9.38 Å². The third-order valence-corrected chi connectivity index (χ3v) is 6.18. The first-order valence-electron chi connectivity index (χ1n) is 9.71. The first-order chi connectivity index (χ1) is 13.1. The summed E-state index contributed by atoms with van der Waals surface area (Å²) in [6.45, 7) is 6.23. The van der Waals surface area contributed by atoms with E-state index in [4.69, 9.17) is 21.6 Å². The number of halogens is 2. The molecule has 0 aromatic heterocycles. The number of nitrogens with zero attached hydrogens (tertiary/aromatic N) is 5. The van der Waals surface area contributed by atoms with Gasteiger partial charge in [-0.15, -0.1) is 0 Å². The number of hydrogen-bond donors (Lipinski definition) is 0. The Morgan fingerprint density at radius 1 is 1.19 bits per heavy atom. The number of hydrogen-bond acceptors (Lipinski definition) is 5. The van der Waals surface area contributed by atoms with Gasteiger partial charge in [0.2, 0.25) is 0 Å². The van der Waals surface area contributed by atoms with Crippen LogP contribution in [0.4, 0.5) is 15.8 Å². The van der Waals surface area contributed by atoms with Crippen molar-refractivity contribution in [1.82, 2.24) is 9.80 Å². The van der Waals surface area contributed by atoms with E-state index in [-0.39, 0.29) is 11.1 Å². The topological polar surface area (TPSA) is 34.4 Å². The molecule has 4 aliphatic heterocycles. The molecule has 2 saturated heterocycles. The summed E-state index contributed by atoms with van der Waals surface area (Å²) < 4.78 is 14.1. The summed E-state index contributed by atoms with van der Waals surface area (Å²) in [5.41, 5.74) is 1.40. The Bertz CT molecular complexity index is 864. The molecule has 0 amide bonds. The molecule has 2 atom stereocenters. The van der Waals surface area contributed by atoms with Gasteiger partial charge in [0.05, 0.1) is 22.4 Å². The Hall–Kier alpha value is -1.92. The van der Waals surface area contributed by atoms with Gasteiger partial charge in [-0.3, -0.25) is 14.8 Å². The van der Waals surface area contributed by atoms with Gasteiger partial charge in [0.1, 0.15) is 5.82 Å². The molecule has 0 bridgehead atoms. The molecule has 27 heavy (non-hydrogen) atoms. The molecule has 7 heteroatoms. The summed E-state index contributed by atoms with van der Waals surface area (Å²) in [5, 5.41) is 0.108. The minimum atomic E-state index is -0.438. The van der Waals surface area contributed by atoms with Gasteiger partial charge in [-0.2, -0.15) is 0 Å². The average molecular weight is 388 g/mol. The van der Waals surface area contributed by atoms with Crippen LogP contribution in [0.15, 0.2) is 34.4 Å². The highest BCUT2D eigenvalue weighted by Crippen LogP contribution is 2.39. The lowest BCUT2D eigenvalue weighted by atomic mass is 10.1. The molecule has 1 aromatic carbocycles. The third-order valence-electron chi connectivity index (χ3n) is 5.89. The third kappa shape index (κ3) is 2.95. The van der Waals surface area contributed by atoms with Gasteiger partial charge < -0.3 is 4.90 Å². The summed E-state index contributed by atoms with van der Waals surface area (Å²) in [7, 11) is 0. The molecule has 5 nitrogen and oxygen atoms in total. The fourth-order valence-electron chi connectivity index (χ4n) is 4.49. The molecule has 4 aliphatic rings. The van der Waals surface area contributed by atoms with Gasteiger partial charge >= 0.3 is 0 Å². The highest BCUT2D eigenvalue weighted by molar-refractivity contribution is 6.48. The van der Waals surface area contributed by atoms with E-state index in [2.05, 4.69) is 22.8 Å². The lowest BCUT2D eigenvalue weighted by Crippen LogP contribution is -2.56. The van der Waals surface area contributed by atoms with Crippen LogP contribution in [-0.4, -0.2) is 59.7 Å². The molecule has 2 fully saturated rings. The largest absolute Gasteiger partial charge is 0.351 e. The van der Waals surface area contributed by atoms with Crippen molar-refractivity contribution in [2.24, 2.45) is 9.98 Å². The van der Waals surface area contributed by atoms with E-state index >= 15 is 0 Å². The van der Waals surface area contributed by atoms with Gasteiger partial charge in [0, 0.05) is 37.9 Å². The van der Waals surface area contributed by atoms with Crippen molar-refractivity contribution >= 4 is 34.6 Å². The number of piperazine rings is 1. The van der Waals surface area contributed by atoms with Crippen LogP contribution in [-0.2, 0) is 0 Å². The maximum atomic E-state index is 14.1. The van der Waals surface area contributed by atoms with Crippen LogP contribution in [0, 0.1) is 5.82 Å². The Balaban J connectivity index is 1.60. The molecular formula is C20H23ClFN5. The van der Waals surface area contributed by atoms with Crippen LogP contribution in [0.25, 0.3) is 0 Å². The fraction of sp³-hybridized carbons (Fsp3) is 0.500. The minimum absolute atomic E-state index is 0.108.